The van der Waals surface area contributed by atoms with Crippen LogP contribution in [0, 0.1) is 0 Å². The molecule has 2 aromatic heterocycles. The van der Waals surface area contributed by atoms with Crippen LogP contribution in [0.25, 0.3) is 11.2 Å². The van der Waals surface area contributed by atoms with Gasteiger partial charge in [0.15, 0.2) is 5.65 Å². The summed E-state index contributed by atoms with van der Waals surface area (Å²) in [4.78, 5) is 61.1. The van der Waals surface area contributed by atoms with Crippen molar-refractivity contribution in [3.05, 3.63) is 95.7 Å². The van der Waals surface area contributed by atoms with Crippen LogP contribution in [0.15, 0.2) is 79.0 Å². The molecule has 14 nitrogen and oxygen atoms in total. The van der Waals surface area contributed by atoms with E-state index in [1.165, 1.54) is 24.1 Å². The third-order valence-electron chi connectivity index (χ3n) is 13.0. The Balaban J connectivity index is 0.709. The lowest BCUT2D eigenvalue weighted by Gasteiger charge is -2.43. The molecule has 5 aromatic rings. The molecule has 1 aliphatic carbocycles. The van der Waals surface area contributed by atoms with Crippen LogP contribution in [0.2, 0.25) is 0 Å². The van der Waals surface area contributed by atoms with Gasteiger partial charge in [0.05, 0.1) is 6.20 Å². The zero-order valence-corrected chi connectivity index (χ0v) is 33.4. The van der Waals surface area contributed by atoms with Gasteiger partial charge >= 0.3 is 0 Å². The van der Waals surface area contributed by atoms with Crippen molar-refractivity contribution in [3.63, 3.8) is 0 Å². The molecule has 0 radical (unpaired) electrons. The Kier molecular flexibility index (Phi) is 10.2. The maximum atomic E-state index is 13.1. The summed E-state index contributed by atoms with van der Waals surface area (Å²) in [5.74, 6) is 0.623. The van der Waals surface area contributed by atoms with E-state index in [1.54, 1.807) is 4.90 Å². The van der Waals surface area contributed by atoms with Gasteiger partial charge in [-0.1, -0.05) is 43.2 Å². The van der Waals surface area contributed by atoms with Gasteiger partial charge < -0.3 is 20.4 Å². The number of carbonyl (C=O) groups is 3. The summed E-state index contributed by atoms with van der Waals surface area (Å²) in [6.07, 6.45) is 9.43. The first-order valence-electron chi connectivity index (χ1n) is 21.3. The summed E-state index contributed by atoms with van der Waals surface area (Å²) >= 11 is 0. The van der Waals surface area contributed by atoms with Gasteiger partial charge in [-0.15, -0.1) is 0 Å². The quantitative estimate of drug-likeness (QED) is 0.144. The molecule has 1 unspecified atom stereocenters. The number of nitrogens with one attached hydrogen (secondary N) is 3. The summed E-state index contributed by atoms with van der Waals surface area (Å²) in [6, 6.07) is 25.3. The maximum Gasteiger partial charge on any atom is 0.255 e. The normalized spacial score (nSPS) is 21.0. The van der Waals surface area contributed by atoms with Gasteiger partial charge in [-0.25, -0.2) is 9.97 Å². The van der Waals surface area contributed by atoms with Crippen molar-refractivity contribution in [2.75, 3.05) is 54.8 Å². The number of imidazole rings is 1. The van der Waals surface area contributed by atoms with Crippen molar-refractivity contribution in [1.29, 1.82) is 0 Å². The summed E-state index contributed by atoms with van der Waals surface area (Å²) in [5.41, 5.74) is 7.67. The predicted octanol–water partition coefficient (Wildman–Crippen LogP) is 5.98. The smallest absolute Gasteiger partial charge is 0.255 e. The van der Waals surface area contributed by atoms with E-state index in [-0.39, 0.29) is 24.1 Å². The molecule has 3 N–H and O–H groups in total. The lowest BCUT2D eigenvalue weighted by molar-refractivity contribution is -0.136. The van der Waals surface area contributed by atoms with Crippen molar-refractivity contribution in [1.82, 2.24) is 39.5 Å². The minimum absolute atomic E-state index is 0.121. The highest BCUT2D eigenvalue weighted by Crippen LogP contribution is 2.36. The number of rotatable bonds is 10. The first kappa shape index (κ1) is 37.4. The summed E-state index contributed by atoms with van der Waals surface area (Å²) in [5, 5.41) is 9.36. The van der Waals surface area contributed by atoms with Gasteiger partial charge in [0.2, 0.25) is 23.7 Å². The Morgan fingerprint density at radius 1 is 0.746 bits per heavy atom. The van der Waals surface area contributed by atoms with Gasteiger partial charge in [-0.2, -0.15) is 4.98 Å². The third-order valence-corrected chi connectivity index (χ3v) is 13.0. The lowest BCUT2D eigenvalue weighted by Crippen LogP contribution is -2.53. The van der Waals surface area contributed by atoms with Crippen molar-refractivity contribution in [3.8, 4) is 0 Å². The van der Waals surface area contributed by atoms with E-state index in [1.807, 2.05) is 30.5 Å². The number of fused-ring (bicyclic) bond motifs is 2. The highest BCUT2D eigenvalue weighted by atomic mass is 16.2. The number of amides is 3. The second kappa shape index (κ2) is 16.1. The average Bonchev–Trinajstić information content (AvgIpc) is 3.99. The van der Waals surface area contributed by atoms with Gasteiger partial charge in [0.1, 0.15) is 11.6 Å². The fraction of sp³-hybridized carbons (Fsp3) is 0.422. The molecule has 4 fully saturated rings. The molecule has 304 valence electrons. The lowest BCUT2D eigenvalue weighted by atomic mass is 10.0. The number of nitrogens with zero attached hydrogens (tertiary/aromatic N) is 8. The number of hydrogen-bond acceptors (Lipinski definition) is 11. The molecule has 1 atom stereocenters. The molecule has 3 saturated heterocycles. The number of hydrogen-bond donors (Lipinski definition) is 3. The van der Waals surface area contributed by atoms with Gasteiger partial charge in [-0.05, 0) is 85.7 Å². The summed E-state index contributed by atoms with van der Waals surface area (Å²) in [7, 11) is 0. The second-order valence-electron chi connectivity index (χ2n) is 16.7. The first-order valence-corrected chi connectivity index (χ1v) is 21.3. The van der Waals surface area contributed by atoms with E-state index in [0.717, 1.165) is 106 Å². The van der Waals surface area contributed by atoms with Crippen LogP contribution in [-0.2, 0) is 22.7 Å². The van der Waals surface area contributed by atoms with Crippen LogP contribution in [-0.4, -0.2) is 103 Å². The highest BCUT2D eigenvalue weighted by Gasteiger charge is 2.39. The molecule has 6 heterocycles. The molecule has 3 amide bonds. The molecule has 5 aliphatic rings. The standard InChI is InChI=1S/C45H51N11O3/c57-40-17-16-39(42(58)50-40)55-29-31-26-30(10-15-37(31)43(55)59)28-52-22-24-54(25-23-52)35-18-20-53(21-19-35)34-13-11-33(12-14-34)47-44-46-27-38-41(51-44)56(36-8-4-5-9-36)45(49-38)48-32-6-2-1-3-7-32/h1-3,6-7,10-15,26-27,35-36,39H,4-5,8-9,16-25,28-29H2,(H,48,49)(H,46,47,51)(H,50,57,58). The van der Waals surface area contributed by atoms with E-state index >= 15 is 0 Å². The molecule has 3 aromatic carbocycles. The Labute approximate surface area is 344 Å². The number of imide groups is 1. The predicted molar refractivity (Wildman–Crippen MR) is 227 cm³/mol. The maximum absolute atomic E-state index is 13.1. The van der Waals surface area contributed by atoms with Crippen LogP contribution in [0.1, 0.15) is 78.9 Å². The topological polar surface area (TPSA) is 144 Å². The van der Waals surface area contributed by atoms with Gasteiger partial charge in [0, 0.05) is 93.5 Å². The molecule has 4 aliphatic heterocycles. The Morgan fingerprint density at radius 3 is 2.27 bits per heavy atom. The molecule has 0 bridgehead atoms. The number of piperidine rings is 2. The summed E-state index contributed by atoms with van der Waals surface area (Å²) < 4.78 is 2.27. The minimum Gasteiger partial charge on any atom is -0.371 e. The molecule has 14 heteroatoms. The molecular weight excluding hydrogens is 743 g/mol. The highest BCUT2D eigenvalue weighted by molar-refractivity contribution is 6.05. The van der Waals surface area contributed by atoms with E-state index in [2.05, 4.69) is 88.7 Å². The Morgan fingerprint density at radius 2 is 1.51 bits per heavy atom. The number of benzene rings is 3. The van der Waals surface area contributed by atoms with E-state index < -0.39 is 6.04 Å². The van der Waals surface area contributed by atoms with Crippen LogP contribution in [0.5, 0.6) is 0 Å². The minimum atomic E-state index is -0.585. The fourth-order valence-corrected chi connectivity index (χ4v) is 9.84. The Hall–Kier alpha value is -5.86. The summed E-state index contributed by atoms with van der Waals surface area (Å²) in [6.45, 7) is 7.45. The first-order chi connectivity index (χ1) is 28.9. The molecular formula is C45H51N11O3. The van der Waals surface area contributed by atoms with Crippen molar-refractivity contribution >= 4 is 57.8 Å². The third kappa shape index (κ3) is 7.74. The average molecular weight is 794 g/mol. The van der Waals surface area contributed by atoms with Crippen molar-refractivity contribution in [2.24, 2.45) is 0 Å². The second-order valence-corrected chi connectivity index (χ2v) is 16.7. The number of carbonyl (C=O) groups excluding carboxylic acids is 3. The SMILES string of the molecule is O=C1CCC(N2Cc3cc(CN4CCN(C5CCN(c6ccc(Nc7ncc8nc(Nc9ccccc9)n(C9CCCC9)c8n7)cc6)CC5)CC4)ccc3C2=O)C(=O)N1. The number of aromatic nitrogens is 4. The van der Waals surface area contributed by atoms with Crippen molar-refractivity contribution < 1.29 is 14.4 Å². The largest absolute Gasteiger partial charge is 0.371 e. The molecule has 59 heavy (non-hydrogen) atoms. The van der Waals surface area contributed by atoms with Crippen molar-refractivity contribution in [2.45, 2.75) is 82.6 Å². The van der Waals surface area contributed by atoms with E-state index in [9.17, 15) is 14.4 Å². The monoisotopic (exact) mass is 793 g/mol. The van der Waals surface area contributed by atoms with E-state index in [0.29, 0.717) is 36.6 Å². The number of piperazine rings is 1. The zero-order valence-electron chi connectivity index (χ0n) is 33.4. The van der Waals surface area contributed by atoms with Crippen LogP contribution >= 0.6 is 0 Å². The molecule has 10 rings (SSSR count). The van der Waals surface area contributed by atoms with Crippen LogP contribution < -0.4 is 20.9 Å². The fourth-order valence-electron chi connectivity index (χ4n) is 9.84. The van der Waals surface area contributed by atoms with Crippen LogP contribution in [0.3, 0.4) is 0 Å². The van der Waals surface area contributed by atoms with Gasteiger partial charge in [0.25, 0.3) is 5.91 Å². The van der Waals surface area contributed by atoms with E-state index in [4.69, 9.17) is 9.97 Å². The van der Waals surface area contributed by atoms with Crippen LogP contribution in [0.4, 0.5) is 29.0 Å². The number of anilines is 5. The molecule has 1 saturated carbocycles. The Bertz CT molecular complexity index is 2340. The number of para-hydroxylation sites is 1. The van der Waals surface area contributed by atoms with Gasteiger partial charge in [-0.3, -0.25) is 34.1 Å². The molecule has 0 spiro atoms. The zero-order chi connectivity index (χ0) is 39.9.